The maximum Gasteiger partial charge on any atom is 0.144 e. The van der Waals surface area contributed by atoms with E-state index in [1.54, 1.807) is 0 Å². The average molecular weight is 359 g/mol. The van der Waals surface area contributed by atoms with E-state index in [9.17, 15) is 0 Å². The Labute approximate surface area is 163 Å². The predicted molar refractivity (Wildman–Crippen MR) is 114 cm³/mol. The highest BCUT2D eigenvalue weighted by molar-refractivity contribution is 5.61. The van der Waals surface area contributed by atoms with E-state index in [1.807, 2.05) is 0 Å². The summed E-state index contributed by atoms with van der Waals surface area (Å²) in [5, 5.41) is 0. The topological polar surface area (TPSA) is 17.8 Å². The molecule has 1 heterocycles. The van der Waals surface area contributed by atoms with Crippen molar-refractivity contribution in [1.82, 2.24) is 9.55 Å². The highest BCUT2D eigenvalue weighted by Gasteiger charge is 2.22. The van der Waals surface area contributed by atoms with Crippen LogP contribution in [0.25, 0.3) is 17.1 Å². The van der Waals surface area contributed by atoms with Crippen LogP contribution in [0.3, 0.4) is 0 Å². The SMILES string of the molecule is Cc1ccc(-n2cc(C(C)C)nc2-c2ccccc2)c(C2CCCCC2)c1. The van der Waals surface area contributed by atoms with Crippen LogP contribution < -0.4 is 0 Å². The van der Waals surface area contributed by atoms with Gasteiger partial charge in [-0.25, -0.2) is 4.98 Å². The third-order valence-electron chi connectivity index (χ3n) is 5.84. The Bertz CT molecular complexity index is 899. The zero-order valence-electron chi connectivity index (χ0n) is 16.8. The van der Waals surface area contributed by atoms with Gasteiger partial charge in [-0.15, -0.1) is 0 Å². The van der Waals surface area contributed by atoms with Gasteiger partial charge in [-0.3, -0.25) is 4.57 Å². The second-order valence-electron chi connectivity index (χ2n) is 8.28. The molecule has 2 nitrogen and oxygen atoms in total. The first-order valence-corrected chi connectivity index (χ1v) is 10.4. The number of rotatable bonds is 4. The molecule has 0 radical (unpaired) electrons. The van der Waals surface area contributed by atoms with E-state index < -0.39 is 0 Å². The van der Waals surface area contributed by atoms with Gasteiger partial charge in [-0.2, -0.15) is 0 Å². The van der Waals surface area contributed by atoms with E-state index in [1.165, 1.54) is 54.5 Å². The van der Waals surface area contributed by atoms with Gasteiger partial charge >= 0.3 is 0 Å². The number of aryl methyl sites for hydroxylation is 1. The van der Waals surface area contributed by atoms with Crippen LogP contribution in [0.1, 0.15) is 74.6 Å². The molecule has 0 spiro atoms. The first-order chi connectivity index (χ1) is 13.1. The number of hydrogen-bond donors (Lipinski definition) is 0. The molecule has 1 aromatic heterocycles. The molecule has 0 N–H and O–H groups in total. The van der Waals surface area contributed by atoms with Crippen LogP contribution in [0.2, 0.25) is 0 Å². The second kappa shape index (κ2) is 7.72. The molecule has 140 valence electrons. The molecule has 0 unspecified atom stereocenters. The molecule has 0 bridgehead atoms. The fourth-order valence-electron chi connectivity index (χ4n) is 4.29. The number of nitrogens with zero attached hydrogens (tertiary/aromatic N) is 2. The van der Waals surface area contributed by atoms with Gasteiger partial charge in [0, 0.05) is 11.8 Å². The van der Waals surface area contributed by atoms with E-state index in [0.29, 0.717) is 11.8 Å². The summed E-state index contributed by atoms with van der Waals surface area (Å²) < 4.78 is 2.34. The number of hydrogen-bond acceptors (Lipinski definition) is 1. The lowest BCUT2D eigenvalue weighted by Crippen LogP contribution is -2.09. The first-order valence-electron chi connectivity index (χ1n) is 10.4. The maximum atomic E-state index is 5.03. The molecule has 2 aromatic carbocycles. The van der Waals surface area contributed by atoms with Crippen molar-refractivity contribution >= 4 is 0 Å². The zero-order chi connectivity index (χ0) is 18.8. The lowest BCUT2D eigenvalue weighted by atomic mass is 9.82. The third kappa shape index (κ3) is 3.71. The van der Waals surface area contributed by atoms with Crippen LogP contribution >= 0.6 is 0 Å². The van der Waals surface area contributed by atoms with Crippen molar-refractivity contribution in [2.75, 3.05) is 0 Å². The smallest absolute Gasteiger partial charge is 0.144 e. The Hall–Kier alpha value is -2.35. The monoisotopic (exact) mass is 358 g/mol. The number of imidazole rings is 1. The summed E-state index contributed by atoms with van der Waals surface area (Å²) in [4.78, 5) is 5.03. The van der Waals surface area contributed by atoms with Crippen LogP contribution in [0.15, 0.2) is 54.7 Å². The highest BCUT2D eigenvalue weighted by atomic mass is 15.1. The minimum atomic E-state index is 0.414. The largest absolute Gasteiger partial charge is 0.299 e. The Morgan fingerprint density at radius 2 is 1.70 bits per heavy atom. The lowest BCUT2D eigenvalue weighted by Gasteiger charge is -2.25. The van der Waals surface area contributed by atoms with Crippen LogP contribution in [-0.4, -0.2) is 9.55 Å². The summed E-state index contributed by atoms with van der Waals surface area (Å²) in [5.74, 6) is 2.14. The second-order valence-corrected chi connectivity index (χ2v) is 8.28. The first kappa shape index (κ1) is 18.0. The molecule has 1 aliphatic rings. The van der Waals surface area contributed by atoms with Crippen LogP contribution in [-0.2, 0) is 0 Å². The molecule has 1 saturated carbocycles. The number of aromatic nitrogens is 2. The van der Waals surface area contributed by atoms with E-state index in [-0.39, 0.29) is 0 Å². The molecule has 2 heteroatoms. The summed E-state index contributed by atoms with van der Waals surface area (Å²) in [6, 6.07) is 17.5. The summed E-state index contributed by atoms with van der Waals surface area (Å²) in [7, 11) is 0. The van der Waals surface area contributed by atoms with Gasteiger partial charge in [0.2, 0.25) is 0 Å². The number of benzene rings is 2. The van der Waals surface area contributed by atoms with Crippen molar-refractivity contribution in [1.29, 1.82) is 0 Å². The predicted octanol–water partition coefficient (Wildman–Crippen LogP) is 7.02. The summed E-state index contributed by atoms with van der Waals surface area (Å²) in [5.41, 5.74) is 6.50. The van der Waals surface area contributed by atoms with Gasteiger partial charge in [0.25, 0.3) is 0 Å². The van der Waals surface area contributed by atoms with Crippen molar-refractivity contribution in [3.63, 3.8) is 0 Å². The standard InChI is InChI=1S/C25H30N2/c1-18(2)23-17-27(25(26-23)21-12-8-5-9-13-21)24-15-14-19(3)16-22(24)20-10-6-4-7-11-20/h5,8-9,12-18,20H,4,6-7,10-11H2,1-3H3. The van der Waals surface area contributed by atoms with E-state index in [0.717, 1.165) is 11.5 Å². The molecule has 0 atom stereocenters. The van der Waals surface area contributed by atoms with E-state index in [4.69, 9.17) is 4.98 Å². The molecule has 0 amide bonds. The fourth-order valence-corrected chi connectivity index (χ4v) is 4.29. The Balaban J connectivity index is 1.88. The molecule has 1 aliphatic carbocycles. The molecule has 0 saturated heterocycles. The molecule has 4 rings (SSSR count). The fraction of sp³-hybridized carbons (Fsp3) is 0.400. The maximum absolute atomic E-state index is 5.03. The highest BCUT2D eigenvalue weighted by Crippen LogP contribution is 2.38. The van der Waals surface area contributed by atoms with Gasteiger partial charge in [0.05, 0.1) is 11.4 Å². The van der Waals surface area contributed by atoms with E-state index in [2.05, 4.69) is 80.1 Å². The van der Waals surface area contributed by atoms with Crippen molar-refractivity contribution in [3.05, 3.63) is 71.5 Å². The van der Waals surface area contributed by atoms with Crippen molar-refractivity contribution in [3.8, 4) is 17.1 Å². The van der Waals surface area contributed by atoms with Gasteiger partial charge in [-0.05, 0) is 43.2 Å². The van der Waals surface area contributed by atoms with Crippen LogP contribution in [0, 0.1) is 6.92 Å². The molecular weight excluding hydrogens is 328 g/mol. The Kier molecular flexibility index (Phi) is 5.15. The van der Waals surface area contributed by atoms with Gasteiger partial charge in [-0.1, -0.05) is 81.1 Å². The summed E-state index contributed by atoms with van der Waals surface area (Å²) in [6.45, 7) is 6.65. The quantitative estimate of drug-likeness (QED) is 0.490. The molecule has 1 fully saturated rings. The minimum Gasteiger partial charge on any atom is -0.299 e. The summed E-state index contributed by atoms with van der Waals surface area (Å²) in [6.07, 6.45) is 8.96. The Morgan fingerprint density at radius 3 is 2.41 bits per heavy atom. The lowest BCUT2D eigenvalue weighted by molar-refractivity contribution is 0.443. The van der Waals surface area contributed by atoms with Crippen LogP contribution in [0.5, 0.6) is 0 Å². The minimum absolute atomic E-state index is 0.414. The molecule has 3 aromatic rings. The normalized spacial score (nSPS) is 15.4. The summed E-state index contributed by atoms with van der Waals surface area (Å²) >= 11 is 0. The average Bonchev–Trinajstić information content (AvgIpc) is 3.15. The Morgan fingerprint density at radius 1 is 0.963 bits per heavy atom. The zero-order valence-corrected chi connectivity index (χ0v) is 16.8. The molecule has 27 heavy (non-hydrogen) atoms. The van der Waals surface area contributed by atoms with Crippen molar-refractivity contribution in [2.45, 2.75) is 64.7 Å². The third-order valence-corrected chi connectivity index (χ3v) is 5.84. The van der Waals surface area contributed by atoms with Gasteiger partial charge in [0.1, 0.15) is 5.82 Å². The van der Waals surface area contributed by atoms with Crippen LogP contribution in [0.4, 0.5) is 0 Å². The van der Waals surface area contributed by atoms with Crippen molar-refractivity contribution < 1.29 is 0 Å². The van der Waals surface area contributed by atoms with Crippen molar-refractivity contribution in [2.24, 2.45) is 0 Å². The molecular formula is C25H30N2. The van der Waals surface area contributed by atoms with Gasteiger partial charge in [0.15, 0.2) is 0 Å². The van der Waals surface area contributed by atoms with Gasteiger partial charge < -0.3 is 0 Å². The molecule has 0 aliphatic heterocycles. The van der Waals surface area contributed by atoms with E-state index >= 15 is 0 Å².